The Morgan fingerprint density at radius 2 is 1.76 bits per heavy atom. The van der Waals surface area contributed by atoms with E-state index in [0.29, 0.717) is 22.4 Å². The zero-order valence-corrected chi connectivity index (χ0v) is 14.0. The predicted molar refractivity (Wildman–Crippen MR) is 90.4 cm³/mol. The van der Waals surface area contributed by atoms with Crippen LogP contribution in [0.4, 0.5) is 5.69 Å². The van der Waals surface area contributed by atoms with Crippen molar-refractivity contribution < 1.29 is 22.6 Å². The average Bonchev–Trinajstić information content (AvgIpc) is 3.04. The Bertz CT molecular complexity index is 1110. The summed E-state index contributed by atoms with van der Waals surface area (Å²) in [5, 5.41) is 3.01. The van der Waals surface area contributed by atoms with Crippen molar-refractivity contribution in [2.75, 3.05) is 5.32 Å². The van der Waals surface area contributed by atoms with Gasteiger partial charge in [0.05, 0.1) is 10.6 Å². The third-order valence-electron chi connectivity index (χ3n) is 4.47. The number of carbonyl (C=O) groups excluding carboxylic acids is 2. The van der Waals surface area contributed by atoms with Gasteiger partial charge in [-0.15, -0.1) is 0 Å². The van der Waals surface area contributed by atoms with Gasteiger partial charge < -0.3 is 5.32 Å². The van der Waals surface area contributed by atoms with Gasteiger partial charge in [0.15, 0.2) is 5.78 Å². The molecular weight excluding hydrogens is 342 g/mol. The van der Waals surface area contributed by atoms with Crippen LogP contribution in [0.2, 0.25) is 0 Å². The number of hydrogen-bond acceptors (Lipinski definition) is 5. The van der Waals surface area contributed by atoms with Crippen molar-refractivity contribution in [1.82, 2.24) is 0 Å². The third-order valence-corrected chi connectivity index (χ3v) is 5.32. The summed E-state index contributed by atoms with van der Waals surface area (Å²) in [6.45, 7) is 1.88. The number of aryl methyl sites for hydroxylation is 1. The fourth-order valence-corrected chi connectivity index (χ4v) is 3.72. The van der Waals surface area contributed by atoms with Gasteiger partial charge >= 0.3 is 0 Å². The highest BCUT2D eigenvalue weighted by Gasteiger charge is 2.35. The molecule has 0 spiro atoms. The number of carbonyl (C=O) groups is 2. The quantitative estimate of drug-likeness (QED) is 0.602. The SMILES string of the molecule is Cc1ccc2c(c1)C(=O)/C(=C1\Cc3ccc(S(=O)(=O)O)cc3C1=O)N2. The highest BCUT2D eigenvalue weighted by Crippen LogP contribution is 2.36. The first-order chi connectivity index (χ1) is 11.8. The lowest BCUT2D eigenvalue weighted by Crippen LogP contribution is -2.10. The normalized spacial score (nSPS) is 19.0. The van der Waals surface area contributed by atoms with Gasteiger partial charge in [-0.2, -0.15) is 8.42 Å². The van der Waals surface area contributed by atoms with E-state index in [1.165, 1.54) is 12.1 Å². The summed E-state index contributed by atoms with van der Waals surface area (Å²) in [5.74, 6) is -0.647. The number of rotatable bonds is 1. The molecule has 1 aliphatic heterocycles. The monoisotopic (exact) mass is 355 g/mol. The summed E-state index contributed by atoms with van der Waals surface area (Å²) in [7, 11) is -4.39. The van der Waals surface area contributed by atoms with Gasteiger partial charge in [-0.1, -0.05) is 17.7 Å². The molecule has 126 valence electrons. The van der Waals surface area contributed by atoms with Gasteiger partial charge in [-0.05, 0) is 36.8 Å². The Labute approximate surface area is 143 Å². The van der Waals surface area contributed by atoms with Crippen LogP contribution >= 0.6 is 0 Å². The number of allylic oxidation sites excluding steroid dienone is 2. The first-order valence-electron chi connectivity index (χ1n) is 7.56. The number of nitrogens with one attached hydrogen (secondary N) is 1. The van der Waals surface area contributed by atoms with Crippen LogP contribution in [0.15, 0.2) is 52.6 Å². The number of fused-ring (bicyclic) bond motifs is 2. The molecule has 6 nitrogen and oxygen atoms in total. The molecule has 2 aromatic carbocycles. The van der Waals surface area contributed by atoms with Gasteiger partial charge in [0, 0.05) is 28.8 Å². The van der Waals surface area contributed by atoms with Crippen LogP contribution in [0.1, 0.15) is 31.8 Å². The molecule has 2 aromatic rings. The minimum absolute atomic E-state index is 0.194. The molecule has 2 N–H and O–H groups in total. The predicted octanol–water partition coefficient (Wildman–Crippen LogP) is 2.54. The van der Waals surface area contributed by atoms with Crippen LogP contribution in [-0.2, 0) is 16.5 Å². The van der Waals surface area contributed by atoms with Gasteiger partial charge in [0.1, 0.15) is 0 Å². The molecule has 1 heterocycles. The topological polar surface area (TPSA) is 101 Å². The van der Waals surface area contributed by atoms with E-state index in [1.54, 1.807) is 12.1 Å². The maximum absolute atomic E-state index is 12.7. The van der Waals surface area contributed by atoms with E-state index in [2.05, 4.69) is 5.32 Å². The standard InChI is InChI=1S/C18H13NO5S/c1-9-2-5-15-13(6-9)18(21)16(19-15)14-7-10-3-4-11(25(22,23)24)8-12(10)17(14)20/h2-6,8,19H,7H2,1H3,(H,22,23,24)/b16-14-. The summed E-state index contributed by atoms with van der Waals surface area (Å²) in [4.78, 5) is 25.0. The van der Waals surface area contributed by atoms with Crippen molar-refractivity contribution in [2.24, 2.45) is 0 Å². The molecule has 0 atom stereocenters. The van der Waals surface area contributed by atoms with E-state index in [9.17, 15) is 18.0 Å². The number of anilines is 1. The summed E-state index contributed by atoms with van der Waals surface area (Å²) in [5.41, 5.74) is 3.47. The van der Waals surface area contributed by atoms with Crippen molar-refractivity contribution >= 4 is 27.4 Å². The molecule has 0 saturated carbocycles. The second-order valence-corrected chi connectivity index (χ2v) is 7.58. The van der Waals surface area contributed by atoms with E-state index in [0.717, 1.165) is 11.6 Å². The van der Waals surface area contributed by atoms with E-state index in [1.807, 2.05) is 13.0 Å². The summed E-state index contributed by atoms with van der Waals surface area (Å²) >= 11 is 0. The van der Waals surface area contributed by atoms with Crippen LogP contribution in [0.25, 0.3) is 0 Å². The first-order valence-corrected chi connectivity index (χ1v) is 9.00. The molecule has 0 bridgehead atoms. The van der Waals surface area contributed by atoms with E-state index < -0.39 is 15.9 Å². The Balaban J connectivity index is 1.80. The van der Waals surface area contributed by atoms with Gasteiger partial charge in [0.2, 0.25) is 5.78 Å². The minimum Gasteiger partial charge on any atom is -0.351 e. The van der Waals surface area contributed by atoms with Crippen LogP contribution in [-0.4, -0.2) is 24.5 Å². The second kappa shape index (κ2) is 5.11. The highest BCUT2D eigenvalue weighted by atomic mass is 32.2. The second-order valence-electron chi connectivity index (χ2n) is 6.16. The van der Waals surface area contributed by atoms with Crippen LogP contribution < -0.4 is 5.32 Å². The zero-order valence-electron chi connectivity index (χ0n) is 13.2. The zero-order chi connectivity index (χ0) is 17.9. The third kappa shape index (κ3) is 2.40. The fraction of sp³-hybridized carbons (Fsp3) is 0.111. The van der Waals surface area contributed by atoms with Gasteiger partial charge in [-0.25, -0.2) is 0 Å². The maximum Gasteiger partial charge on any atom is 0.294 e. The number of ketones is 2. The molecule has 0 unspecified atom stereocenters. The van der Waals surface area contributed by atoms with Crippen molar-refractivity contribution in [1.29, 1.82) is 0 Å². The number of benzene rings is 2. The largest absolute Gasteiger partial charge is 0.351 e. The number of hydrogen-bond donors (Lipinski definition) is 2. The van der Waals surface area contributed by atoms with Crippen molar-refractivity contribution in [3.63, 3.8) is 0 Å². The molecule has 1 aliphatic carbocycles. The molecule has 0 radical (unpaired) electrons. The van der Waals surface area contributed by atoms with Crippen molar-refractivity contribution in [3.05, 3.63) is 69.9 Å². The van der Waals surface area contributed by atoms with Gasteiger partial charge in [0.25, 0.3) is 10.1 Å². The molecule has 25 heavy (non-hydrogen) atoms. The molecule has 4 rings (SSSR count). The van der Waals surface area contributed by atoms with E-state index in [4.69, 9.17) is 4.55 Å². The smallest absolute Gasteiger partial charge is 0.294 e. The van der Waals surface area contributed by atoms with Crippen LogP contribution in [0.3, 0.4) is 0 Å². The van der Waals surface area contributed by atoms with Crippen molar-refractivity contribution in [2.45, 2.75) is 18.2 Å². The lowest BCUT2D eigenvalue weighted by Gasteiger charge is -2.02. The molecule has 7 heteroatoms. The molecular formula is C18H13NO5S. The first kappa shape index (κ1) is 15.7. The Kier molecular flexibility index (Phi) is 3.22. The van der Waals surface area contributed by atoms with Crippen LogP contribution in [0, 0.1) is 6.92 Å². The lowest BCUT2D eigenvalue weighted by atomic mass is 10.0. The molecule has 0 fully saturated rings. The molecule has 2 aliphatic rings. The lowest BCUT2D eigenvalue weighted by molar-refractivity contribution is 0.101. The Hall–Kier alpha value is -2.77. The van der Waals surface area contributed by atoms with E-state index >= 15 is 0 Å². The van der Waals surface area contributed by atoms with Crippen molar-refractivity contribution in [3.8, 4) is 0 Å². The highest BCUT2D eigenvalue weighted by molar-refractivity contribution is 7.85. The average molecular weight is 355 g/mol. The molecule has 0 amide bonds. The Morgan fingerprint density at radius 3 is 2.48 bits per heavy atom. The Morgan fingerprint density at radius 1 is 1.00 bits per heavy atom. The van der Waals surface area contributed by atoms with E-state index in [-0.39, 0.29) is 28.4 Å². The number of Topliss-reactive ketones (excluding diaryl/α,β-unsaturated/α-hetero) is 2. The fourth-order valence-electron chi connectivity index (χ4n) is 3.21. The van der Waals surface area contributed by atoms with Gasteiger partial charge in [-0.3, -0.25) is 14.1 Å². The molecule has 0 saturated heterocycles. The summed E-state index contributed by atoms with van der Waals surface area (Å²) < 4.78 is 31.7. The minimum atomic E-state index is -4.39. The van der Waals surface area contributed by atoms with Crippen LogP contribution in [0.5, 0.6) is 0 Å². The maximum atomic E-state index is 12.7. The summed E-state index contributed by atoms with van der Waals surface area (Å²) in [6.07, 6.45) is 0.237. The summed E-state index contributed by atoms with van der Waals surface area (Å²) in [6, 6.07) is 9.31. The molecule has 0 aromatic heterocycles.